The van der Waals surface area contributed by atoms with E-state index in [4.69, 9.17) is 18.6 Å². The van der Waals surface area contributed by atoms with Crippen molar-refractivity contribution in [2.75, 3.05) is 37.8 Å². The van der Waals surface area contributed by atoms with Crippen LogP contribution in [0.1, 0.15) is 12.7 Å². The van der Waals surface area contributed by atoms with Gasteiger partial charge in [-0.05, 0) is 38.1 Å². The SMILES string of the molecule is CCOc1ccccc1Oc1c(C)oc2cc(OCC(=O)N3CCSCC3)ccc2c1=O. The zero-order chi connectivity index (χ0) is 22.5. The minimum absolute atomic E-state index is 0.0419. The summed E-state index contributed by atoms with van der Waals surface area (Å²) < 4.78 is 23.0. The number of ether oxygens (including phenoxy) is 3. The van der Waals surface area contributed by atoms with Crippen LogP contribution in [0, 0.1) is 6.92 Å². The molecule has 168 valence electrons. The van der Waals surface area contributed by atoms with Gasteiger partial charge in [0.15, 0.2) is 18.1 Å². The molecule has 0 atom stereocenters. The second kappa shape index (κ2) is 9.99. The van der Waals surface area contributed by atoms with Crippen LogP contribution in [0.4, 0.5) is 0 Å². The van der Waals surface area contributed by atoms with E-state index in [2.05, 4.69) is 0 Å². The average Bonchev–Trinajstić information content (AvgIpc) is 2.81. The molecule has 1 saturated heterocycles. The fourth-order valence-electron chi connectivity index (χ4n) is 3.44. The number of aryl methyl sites for hydroxylation is 1. The van der Waals surface area contributed by atoms with Gasteiger partial charge in [0.2, 0.25) is 11.2 Å². The molecule has 7 nitrogen and oxygen atoms in total. The van der Waals surface area contributed by atoms with E-state index in [1.54, 1.807) is 37.3 Å². The first-order valence-corrected chi connectivity index (χ1v) is 11.7. The number of thioether (sulfide) groups is 1. The van der Waals surface area contributed by atoms with E-state index < -0.39 is 0 Å². The average molecular weight is 456 g/mol. The van der Waals surface area contributed by atoms with Crippen molar-refractivity contribution in [3.63, 3.8) is 0 Å². The molecule has 1 aliphatic rings. The van der Waals surface area contributed by atoms with Crippen molar-refractivity contribution in [3.8, 4) is 23.0 Å². The van der Waals surface area contributed by atoms with Crippen LogP contribution in [-0.4, -0.2) is 48.6 Å². The summed E-state index contributed by atoms with van der Waals surface area (Å²) in [5.41, 5.74) is 0.0840. The number of rotatable bonds is 7. The number of carbonyl (C=O) groups excluding carboxylic acids is 1. The lowest BCUT2D eigenvalue weighted by molar-refractivity contribution is -0.132. The van der Waals surface area contributed by atoms with Crippen molar-refractivity contribution >= 4 is 28.6 Å². The van der Waals surface area contributed by atoms with Crippen LogP contribution in [0.3, 0.4) is 0 Å². The van der Waals surface area contributed by atoms with E-state index in [1.807, 2.05) is 35.7 Å². The number of hydrogen-bond acceptors (Lipinski definition) is 7. The molecule has 2 aromatic carbocycles. The molecule has 1 fully saturated rings. The molecule has 1 aliphatic heterocycles. The van der Waals surface area contributed by atoms with E-state index in [1.165, 1.54) is 0 Å². The van der Waals surface area contributed by atoms with E-state index >= 15 is 0 Å². The molecule has 4 rings (SSSR count). The molecular formula is C24H25NO6S. The van der Waals surface area contributed by atoms with Gasteiger partial charge in [0, 0.05) is 30.7 Å². The van der Waals surface area contributed by atoms with Gasteiger partial charge in [-0.2, -0.15) is 11.8 Å². The summed E-state index contributed by atoms with van der Waals surface area (Å²) in [6, 6.07) is 12.1. The third kappa shape index (κ3) is 4.85. The Kier molecular flexibility index (Phi) is 6.90. The fourth-order valence-corrected chi connectivity index (χ4v) is 4.35. The maximum Gasteiger partial charge on any atom is 0.260 e. The van der Waals surface area contributed by atoms with E-state index in [-0.39, 0.29) is 23.7 Å². The van der Waals surface area contributed by atoms with E-state index in [9.17, 15) is 9.59 Å². The largest absolute Gasteiger partial charge is 0.490 e. The van der Waals surface area contributed by atoms with Gasteiger partial charge in [-0.1, -0.05) is 12.1 Å². The van der Waals surface area contributed by atoms with Crippen molar-refractivity contribution in [2.24, 2.45) is 0 Å². The molecule has 0 unspecified atom stereocenters. The highest BCUT2D eigenvalue weighted by Gasteiger charge is 2.19. The lowest BCUT2D eigenvalue weighted by Gasteiger charge is -2.26. The van der Waals surface area contributed by atoms with Crippen LogP contribution in [0.2, 0.25) is 0 Å². The Hall–Kier alpha value is -3.13. The predicted octanol–water partition coefficient (Wildman–Crippen LogP) is 4.25. The van der Waals surface area contributed by atoms with Gasteiger partial charge in [0.1, 0.15) is 17.1 Å². The first-order chi connectivity index (χ1) is 15.6. The molecule has 1 aromatic heterocycles. The Balaban J connectivity index is 1.54. The van der Waals surface area contributed by atoms with Crippen LogP contribution < -0.4 is 19.6 Å². The van der Waals surface area contributed by atoms with Gasteiger partial charge < -0.3 is 23.5 Å². The molecule has 3 aromatic rings. The van der Waals surface area contributed by atoms with Crippen LogP contribution in [-0.2, 0) is 4.79 Å². The molecule has 32 heavy (non-hydrogen) atoms. The molecule has 0 spiro atoms. The lowest BCUT2D eigenvalue weighted by atomic mass is 10.2. The Morgan fingerprint density at radius 2 is 1.84 bits per heavy atom. The summed E-state index contributed by atoms with van der Waals surface area (Å²) in [5, 5.41) is 0.367. The van der Waals surface area contributed by atoms with Crippen LogP contribution in [0.15, 0.2) is 51.7 Å². The van der Waals surface area contributed by atoms with E-state index in [0.717, 1.165) is 24.6 Å². The summed E-state index contributed by atoms with van der Waals surface area (Å²) in [7, 11) is 0. The third-order valence-electron chi connectivity index (χ3n) is 5.07. The third-order valence-corrected chi connectivity index (χ3v) is 6.02. The van der Waals surface area contributed by atoms with Crippen molar-refractivity contribution < 1.29 is 23.4 Å². The molecule has 0 saturated carbocycles. The molecule has 0 aliphatic carbocycles. The van der Waals surface area contributed by atoms with Crippen LogP contribution >= 0.6 is 11.8 Å². The highest BCUT2D eigenvalue weighted by atomic mass is 32.2. The smallest absolute Gasteiger partial charge is 0.260 e. The number of nitrogens with zero attached hydrogens (tertiary/aromatic N) is 1. The second-order valence-corrected chi connectivity index (χ2v) is 8.46. The van der Waals surface area contributed by atoms with Gasteiger partial charge in [-0.15, -0.1) is 0 Å². The first kappa shape index (κ1) is 22.1. The molecule has 2 heterocycles. The standard InChI is InChI=1S/C24H25NO6S/c1-3-28-19-6-4-5-7-20(19)31-24-16(2)30-21-14-17(8-9-18(21)23(24)27)29-15-22(26)25-10-12-32-13-11-25/h4-9,14H,3,10-13,15H2,1-2H3. The number of amides is 1. The van der Waals surface area contributed by atoms with E-state index in [0.29, 0.717) is 40.6 Å². The summed E-state index contributed by atoms with van der Waals surface area (Å²) in [4.78, 5) is 27.2. The first-order valence-electron chi connectivity index (χ1n) is 10.5. The van der Waals surface area contributed by atoms with Gasteiger partial charge in [0.05, 0.1) is 12.0 Å². The molecule has 8 heteroatoms. The van der Waals surface area contributed by atoms with Crippen molar-refractivity contribution in [1.29, 1.82) is 0 Å². The summed E-state index contributed by atoms with van der Waals surface area (Å²) >= 11 is 1.85. The number of hydrogen-bond donors (Lipinski definition) is 0. The summed E-state index contributed by atoms with van der Waals surface area (Å²) in [5.74, 6) is 3.77. The Labute approximate surface area is 190 Å². The maximum absolute atomic E-state index is 13.1. The van der Waals surface area contributed by atoms with Crippen molar-refractivity contribution in [3.05, 3.63) is 58.4 Å². The minimum atomic E-state index is -0.288. The monoisotopic (exact) mass is 455 g/mol. The van der Waals surface area contributed by atoms with Crippen molar-refractivity contribution in [2.45, 2.75) is 13.8 Å². The molecule has 0 N–H and O–H groups in total. The van der Waals surface area contributed by atoms with Gasteiger partial charge in [-0.3, -0.25) is 9.59 Å². The van der Waals surface area contributed by atoms with Crippen LogP contribution in [0.25, 0.3) is 11.0 Å². The molecule has 0 bridgehead atoms. The summed E-state index contributed by atoms with van der Waals surface area (Å²) in [6.07, 6.45) is 0. The Morgan fingerprint density at radius 1 is 1.09 bits per heavy atom. The Bertz CT molecular complexity index is 1170. The zero-order valence-electron chi connectivity index (χ0n) is 18.1. The number of benzene rings is 2. The lowest BCUT2D eigenvalue weighted by Crippen LogP contribution is -2.40. The number of fused-ring (bicyclic) bond motifs is 1. The maximum atomic E-state index is 13.1. The highest BCUT2D eigenvalue weighted by Crippen LogP contribution is 2.33. The second-order valence-electron chi connectivity index (χ2n) is 7.24. The number of para-hydroxylation sites is 2. The molecule has 1 amide bonds. The highest BCUT2D eigenvalue weighted by molar-refractivity contribution is 7.99. The minimum Gasteiger partial charge on any atom is -0.490 e. The normalized spacial score (nSPS) is 13.8. The van der Waals surface area contributed by atoms with Gasteiger partial charge in [0.25, 0.3) is 5.91 Å². The quantitative estimate of drug-likeness (QED) is 0.527. The predicted molar refractivity (Wildman–Crippen MR) is 124 cm³/mol. The van der Waals surface area contributed by atoms with Gasteiger partial charge >= 0.3 is 0 Å². The fraction of sp³-hybridized carbons (Fsp3) is 0.333. The number of carbonyl (C=O) groups is 1. The Morgan fingerprint density at radius 3 is 2.59 bits per heavy atom. The van der Waals surface area contributed by atoms with Crippen LogP contribution in [0.5, 0.6) is 23.0 Å². The topological polar surface area (TPSA) is 78.2 Å². The zero-order valence-corrected chi connectivity index (χ0v) is 18.9. The summed E-state index contributed by atoms with van der Waals surface area (Å²) in [6.45, 7) is 5.47. The molecular weight excluding hydrogens is 430 g/mol. The molecule has 0 radical (unpaired) electrons. The van der Waals surface area contributed by atoms with Gasteiger partial charge in [-0.25, -0.2) is 0 Å². The van der Waals surface area contributed by atoms with Crippen molar-refractivity contribution in [1.82, 2.24) is 4.90 Å².